The topological polar surface area (TPSA) is 26.3 Å². The fourth-order valence-electron chi connectivity index (χ4n) is 2.06. The normalized spacial score (nSPS) is 20.3. The van der Waals surface area contributed by atoms with Crippen LogP contribution in [0.2, 0.25) is 0 Å². The number of rotatable bonds is 2. The molecular formula is C16H12O2. The Hall–Kier alpha value is -2.35. The third-order valence-electron chi connectivity index (χ3n) is 2.98. The SMILES string of the molecule is O=C1O/C(=C\c2ccccc2)C1c1ccccc1. The van der Waals surface area contributed by atoms with E-state index in [-0.39, 0.29) is 11.9 Å². The molecule has 0 radical (unpaired) electrons. The fourth-order valence-corrected chi connectivity index (χ4v) is 2.06. The van der Waals surface area contributed by atoms with Gasteiger partial charge in [0, 0.05) is 0 Å². The van der Waals surface area contributed by atoms with Gasteiger partial charge in [-0.1, -0.05) is 60.7 Å². The van der Waals surface area contributed by atoms with Crippen LogP contribution in [0.4, 0.5) is 0 Å². The number of carbonyl (C=O) groups is 1. The van der Waals surface area contributed by atoms with Gasteiger partial charge in [-0.05, 0) is 17.2 Å². The molecule has 1 unspecified atom stereocenters. The maximum Gasteiger partial charge on any atom is 0.326 e. The van der Waals surface area contributed by atoms with Crippen molar-refractivity contribution in [2.24, 2.45) is 0 Å². The van der Waals surface area contributed by atoms with E-state index in [1.54, 1.807) is 0 Å². The molecule has 0 aromatic heterocycles. The summed E-state index contributed by atoms with van der Waals surface area (Å²) in [5, 5.41) is 0. The number of ether oxygens (including phenoxy) is 1. The van der Waals surface area contributed by atoms with Crippen LogP contribution < -0.4 is 0 Å². The molecule has 1 heterocycles. The Kier molecular flexibility index (Phi) is 2.69. The molecule has 2 heteroatoms. The van der Waals surface area contributed by atoms with Gasteiger partial charge in [-0.15, -0.1) is 0 Å². The lowest BCUT2D eigenvalue weighted by molar-refractivity contribution is -0.151. The van der Waals surface area contributed by atoms with Gasteiger partial charge in [0.15, 0.2) is 0 Å². The van der Waals surface area contributed by atoms with Crippen molar-refractivity contribution in [2.45, 2.75) is 5.92 Å². The second-order valence-corrected chi connectivity index (χ2v) is 4.22. The van der Waals surface area contributed by atoms with E-state index in [2.05, 4.69) is 0 Å². The van der Waals surface area contributed by atoms with Gasteiger partial charge < -0.3 is 4.74 Å². The van der Waals surface area contributed by atoms with Crippen LogP contribution in [-0.4, -0.2) is 5.97 Å². The Morgan fingerprint density at radius 3 is 2.11 bits per heavy atom. The molecule has 2 aromatic rings. The van der Waals surface area contributed by atoms with Gasteiger partial charge in [0.1, 0.15) is 11.7 Å². The zero-order valence-electron chi connectivity index (χ0n) is 9.74. The largest absolute Gasteiger partial charge is 0.429 e. The first kappa shape index (κ1) is 10.8. The van der Waals surface area contributed by atoms with Crippen LogP contribution in [0.15, 0.2) is 66.4 Å². The maximum absolute atomic E-state index is 11.6. The minimum absolute atomic E-state index is 0.177. The predicted molar refractivity (Wildman–Crippen MR) is 69.7 cm³/mol. The molecule has 1 aliphatic rings. The number of esters is 1. The highest BCUT2D eigenvalue weighted by molar-refractivity contribution is 5.91. The van der Waals surface area contributed by atoms with E-state index >= 15 is 0 Å². The lowest BCUT2D eigenvalue weighted by atomic mass is 9.92. The summed E-state index contributed by atoms with van der Waals surface area (Å²) >= 11 is 0. The zero-order valence-corrected chi connectivity index (χ0v) is 9.74. The van der Waals surface area contributed by atoms with E-state index in [1.165, 1.54) is 0 Å². The van der Waals surface area contributed by atoms with E-state index in [0.29, 0.717) is 0 Å². The fraction of sp³-hybridized carbons (Fsp3) is 0.0625. The van der Waals surface area contributed by atoms with Crippen molar-refractivity contribution in [1.82, 2.24) is 0 Å². The molecule has 0 aliphatic carbocycles. The summed E-state index contributed by atoms with van der Waals surface area (Å²) in [6.07, 6.45) is 1.92. The monoisotopic (exact) mass is 236 g/mol. The number of cyclic esters (lactones) is 1. The van der Waals surface area contributed by atoms with Crippen molar-refractivity contribution >= 4 is 12.0 Å². The van der Waals surface area contributed by atoms with Crippen molar-refractivity contribution in [3.8, 4) is 0 Å². The molecule has 1 saturated heterocycles. The standard InChI is InChI=1S/C16H12O2/c17-16-15(13-9-5-2-6-10-13)14(18-16)11-12-7-3-1-4-8-12/h1-11,15H/b14-11-. The number of benzene rings is 2. The van der Waals surface area contributed by atoms with Gasteiger partial charge in [0.05, 0.1) is 0 Å². The molecule has 1 fully saturated rings. The van der Waals surface area contributed by atoms with E-state index < -0.39 is 0 Å². The van der Waals surface area contributed by atoms with Crippen LogP contribution in [-0.2, 0) is 9.53 Å². The molecule has 0 bridgehead atoms. The maximum atomic E-state index is 11.6. The van der Waals surface area contributed by atoms with Crippen molar-refractivity contribution in [3.05, 3.63) is 77.5 Å². The molecule has 18 heavy (non-hydrogen) atoms. The molecule has 0 saturated carbocycles. The number of hydrogen-bond donors (Lipinski definition) is 0. The minimum atomic E-state index is -0.244. The molecule has 0 spiro atoms. The van der Waals surface area contributed by atoms with Crippen LogP contribution in [0.25, 0.3) is 6.08 Å². The molecular weight excluding hydrogens is 224 g/mol. The van der Waals surface area contributed by atoms with Crippen LogP contribution in [0.1, 0.15) is 17.0 Å². The van der Waals surface area contributed by atoms with Crippen molar-refractivity contribution < 1.29 is 9.53 Å². The lowest BCUT2D eigenvalue weighted by Gasteiger charge is -2.28. The third kappa shape index (κ3) is 1.93. The van der Waals surface area contributed by atoms with E-state index in [4.69, 9.17) is 4.74 Å². The minimum Gasteiger partial charge on any atom is -0.429 e. The molecule has 1 aliphatic heterocycles. The Labute approximate surface area is 106 Å². The van der Waals surface area contributed by atoms with Gasteiger partial charge in [0.25, 0.3) is 0 Å². The highest BCUT2D eigenvalue weighted by atomic mass is 16.6. The van der Waals surface area contributed by atoms with Gasteiger partial charge in [-0.25, -0.2) is 0 Å². The van der Waals surface area contributed by atoms with Crippen LogP contribution >= 0.6 is 0 Å². The lowest BCUT2D eigenvalue weighted by Crippen LogP contribution is -2.30. The first-order chi connectivity index (χ1) is 8.84. The van der Waals surface area contributed by atoms with Gasteiger partial charge >= 0.3 is 5.97 Å². The summed E-state index contributed by atoms with van der Waals surface area (Å²) in [7, 11) is 0. The van der Waals surface area contributed by atoms with Crippen molar-refractivity contribution in [1.29, 1.82) is 0 Å². The first-order valence-electron chi connectivity index (χ1n) is 5.88. The van der Waals surface area contributed by atoms with Gasteiger partial charge in [-0.3, -0.25) is 4.79 Å². The molecule has 0 N–H and O–H groups in total. The second-order valence-electron chi connectivity index (χ2n) is 4.22. The Morgan fingerprint density at radius 1 is 0.889 bits per heavy atom. The van der Waals surface area contributed by atoms with E-state index in [1.807, 2.05) is 66.7 Å². The van der Waals surface area contributed by atoms with Gasteiger partial charge in [-0.2, -0.15) is 0 Å². The Bertz CT molecular complexity index is 585. The molecule has 88 valence electrons. The highest BCUT2D eigenvalue weighted by Crippen LogP contribution is 2.37. The Balaban J connectivity index is 1.91. The van der Waals surface area contributed by atoms with Crippen LogP contribution in [0, 0.1) is 0 Å². The quantitative estimate of drug-likeness (QED) is 0.747. The summed E-state index contributed by atoms with van der Waals surface area (Å²) in [6.45, 7) is 0. The van der Waals surface area contributed by atoms with Crippen molar-refractivity contribution in [2.75, 3.05) is 0 Å². The summed E-state index contributed by atoms with van der Waals surface area (Å²) in [6, 6.07) is 19.6. The van der Waals surface area contributed by atoms with E-state index in [9.17, 15) is 4.79 Å². The molecule has 1 atom stereocenters. The molecule has 0 amide bonds. The summed E-state index contributed by atoms with van der Waals surface area (Å²) in [5.41, 5.74) is 2.02. The smallest absolute Gasteiger partial charge is 0.326 e. The van der Waals surface area contributed by atoms with Crippen molar-refractivity contribution in [3.63, 3.8) is 0 Å². The van der Waals surface area contributed by atoms with Crippen LogP contribution in [0.3, 0.4) is 0 Å². The Morgan fingerprint density at radius 2 is 1.50 bits per heavy atom. The average Bonchev–Trinajstić information content (AvgIpc) is 2.40. The number of hydrogen-bond acceptors (Lipinski definition) is 2. The zero-order chi connectivity index (χ0) is 12.4. The van der Waals surface area contributed by atoms with Crippen LogP contribution in [0.5, 0.6) is 0 Å². The van der Waals surface area contributed by atoms with E-state index in [0.717, 1.165) is 16.9 Å². The average molecular weight is 236 g/mol. The summed E-state index contributed by atoms with van der Waals surface area (Å²) < 4.78 is 5.13. The molecule has 3 rings (SSSR count). The molecule has 2 nitrogen and oxygen atoms in total. The number of carbonyl (C=O) groups excluding carboxylic acids is 1. The van der Waals surface area contributed by atoms with Gasteiger partial charge in [0.2, 0.25) is 0 Å². The highest BCUT2D eigenvalue weighted by Gasteiger charge is 2.38. The predicted octanol–water partition coefficient (Wildman–Crippen LogP) is 3.37. The first-order valence-corrected chi connectivity index (χ1v) is 5.88. The summed E-state index contributed by atoms with van der Waals surface area (Å²) in [4.78, 5) is 11.6. The summed E-state index contributed by atoms with van der Waals surface area (Å²) in [5.74, 6) is 0.298. The molecule has 2 aromatic carbocycles. The second kappa shape index (κ2) is 4.49. The third-order valence-corrected chi connectivity index (χ3v) is 2.98.